The van der Waals surface area contributed by atoms with Gasteiger partial charge in [0.25, 0.3) is 0 Å². The molecule has 2 aromatic heterocycles. The highest BCUT2D eigenvalue weighted by atomic mass is 31.2. The lowest BCUT2D eigenvalue weighted by molar-refractivity contribution is -0.144. The molecule has 0 radical (unpaired) electrons. The zero-order chi connectivity index (χ0) is 25.8. The topological polar surface area (TPSA) is 273 Å². The first-order valence-corrected chi connectivity index (χ1v) is 11.1. The first-order valence-electron chi connectivity index (χ1n) is 9.56. The van der Waals surface area contributed by atoms with Gasteiger partial charge in [-0.3, -0.25) is 13.9 Å². The summed E-state index contributed by atoms with van der Waals surface area (Å²) in [6.45, 7) is 1.88. The molecule has 0 aliphatic carbocycles. The number of amides is 1. The van der Waals surface area contributed by atoms with Gasteiger partial charge in [0.2, 0.25) is 5.91 Å². The van der Waals surface area contributed by atoms with Crippen LogP contribution in [0.4, 0.5) is 5.82 Å². The van der Waals surface area contributed by atoms with E-state index in [-0.39, 0.29) is 17.0 Å². The number of nitrogens with zero attached hydrogens (tertiary/aromatic N) is 4. The van der Waals surface area contributed by atoms with Gasteiger partial charge in [-0.1, -0.05) is 0 Å². The van der Waals surface area contributed by atoms with Crippen molar-refractivity contribution in [3.05, 3.63) is 12.7 Å². The van der Waals surface area contributed by atoms with E-state index in [1.165, 1.54) is 31.1 Å². The number of rotatable bonds is 7. The molecule has 1 aliphatic heterocycles. The van der Waals surface area contributed by atoms with Crippen molar-refractivity contribution in [2.45, 2.75) is 50.5 Å². The van der Waals surface area contributed by atoms with Crippen LogP contribution in [0.15, 0.2) is 12.7 Å². The number of imidazole rings is 1. The maximum absolute atomic E-state index is 11.0. The van der Waals surface area contributed by atoms with E-state index >= 15 is 0 Å². The third kappa shape index (κ3) is 6.64. The number of carboxylic acid groups (broad SMARTS) is 1. The molecule has 1 saturated heterocycles. The van der Waals surface area contributed by atoms with Crippen LogP contribution in [0.2, 0.25) is 0 Å². The number of fused-ring (bicyclic) bond motifs is 1. The highest BCUT2D eigenvalue weighted by Crippen LogP contribution is 2.44. The van der Waals surface area contributed by atoms with E-state index in [2.05, 4.69) is 24.8 Å². The Hall–Kier alpha value is -2.76. The van der Waals surface area contributed by atoms with Gasteiger partial charge in [-0.15, -0.1) is 0 Å². The third-order valence-corrected chi connectivity index (χ3v) is 5.03. The molecule has 18 heteroatoms. The van der Waals surface area contributed by atoms with Crippen molar-refractivity contribution in [1.29, 1.82) is 0 Å². The molecular weight excluding hydrogens is 483 g/mol. The van der Waals surface area contributed by atoms with E-state index in [9.17, 15) is 24.4 Å². The second-order valence-electron chi connectivity index (χ2n) is 7.14. The van der Waals surface area contributed by atoms with Crippen molar-refractivity contribution in [2.75, 3.05) is 12.3 Å². The van der Waals surface area contributed by atoms with E-state index in [0.717, 1.165) is 0 Å². The minimum atomic E-state index is -4.88. The molecule has 0 aromatic carbocycles. The number of aromatic nitrogens is 4. The van der Waals surface area contributed by atoms with E-state index in [4.69, 9.17) is 30.5 Å². The molecule has 0 saturated carbocycles. The van der Waals surface area contributed by atoms with Gasteiger partial charge in [0.05, 0.1) is 19.0 Å². The van der Waals surface area contributed by atoms with Crippen LogP contribution in [0, 0.1) is 0 Å². The normalized spacial score (nSPS) is 24.2. The van der Waals surface area contributed by atoms with Gasteiger partial charge in [-0.2, -0.15) is 0 Å². The number of carbonyl (C=O) groups is 2. The van der Waals surface area contributed by atoms with Crippen LogP contribution >= 0.6 is 7.82 Å². The first kappa shape index (κ1) is 27.5. The van der Waals surface area contributed by atoms with Gasteiger partial charge in [-0.05, 0) is 6.92 Å². The van der Waals surface area contributed by atoms with Gasteiger partial charge >= 0.3 is 13.8 Å². The number of nitrogens with two attached hydrogens (primary N) is 1. The fraction of sp³-hybridized carbons (Fsp3) is 0.562. The van der Waals surface area contributed by atoms with Crippen molar-refractivity contribution in [1.82, 2.24) is 24.8 Å². The Morgan fingerprint density at radius 3 is 2.47 bits per heavy atom. The average molecular weight is 508 g/mol. The third-order valence-electron chi connectivity index (χ3n) is 4.52. The van der Waals surface area contributed by atoms with Crippen LogP contribution in [-0.4, -0.2) is 98.7 Å². The number of aliphatic hydroxyl groups is 3. The van der Waals surface area contributed by atoms with Crippen LogP contribution in [0.3, 0.4) is 0 Å². The lowest BCUT2D eigenvalue weighted by atomic mass is 10.1. The largest absolute Gasteiger partial charge is 0.480 e. The summed E-state index contributed by atoms with van der Waals surface area (Å²) in [5.41, 5.74) is 6.21. The van der Waals surface area contributed by atoms with Crippen LogP contribution in [0.1, 0.15) is 20.1 Å². The summed E-state index contributed by atoms with van der Waals surface area (Å²) < 4.78 is 22.3. The number of carboxylic acids is 1. The maximum Gasteiger partial charge on any atom is 0.470 e. The van der Waals surface area contributed by atoms with Crippen molar-refractivity contribution < 1.29 is 53.6 Å². The summed E-state index contributed by atoms with van der Waals surface area (Å²) in [6.07, 6.45) is -3.77. The molecule has 0 spiro atoms. The molecule has 3 heterocycles. The monoisotopic (exact) mass is 508 g/mol. The summed E-state index contributed by atoms with van der Waals surface area (Å²) in [5.74, 6) is -1.59. The Balaban J connectivity index is 0.000000316. The lowest BCUT2D eigenvalue weighted by Crippen LogP contribution is -2.46. The molecule has 1 aliphatic rings. The molecule has 1 fully saturated rings. The van der Waals surface area contributed by atoms with Gasteiger partial charge in [-0.25, -0.2) is 24.3 Å². The standard InChI is InChI=1S/C10H14N5O7P.C6H11NO4/c11-8-5-9(13-2-12-8)15(3-14-5)10-6(17)7(4(1-16)21-10)22-23(18,19)20;1-3(8)5(6(10)11)7-4(2)9/h2-4,6-7,10,16-17H,1H2,(H2,11,12,13)(H2,18,19,20);3,5,8H,1-2H3,(H,7,9)(H,10,11)/t4-,6-,7-,10-;/m1./s1. The molecule has 34 heavy (non-hydrogen) atoms. The number of aliphatic hydroxyl groups excluding tert-OH is 3. The zero-order valence-corrected chi connectivity index (χ0v) is 18.8. The number of carbonyl (C=O) groups excluding carboxylic acids is 1. The Kier molecular flexibility index (Phi) is 8.98. The van der Waals surface area contributed by atoms with Gasteiger partial charge in [0.15, 0.2) is 23.7 Å². The fourth-order valence-corrected chi connectivity index (χ4v) is 3.63. The fourth-order valence-electron chi connectivity index (χ4n) is 3.05. The highest BCUT2D eigenvalue weighted by molar-refractivity contribution is 7.46. The van der Waals surface area contributed by atoms with Gasteiger partial charge in [0, 0.05) is 6.92 Å². The van der Waals surface area contributed by atoms with Gasteiger partial charge < -0.3 is 46.0 Å². The van der Waals surface area contributed by atoms with Crippen LogP contribution in [-0.2, 0) is 23.4 Å². The number of phosphoric ester groups is 1. The maximum atomic E-state index is 11.0. The molecule has 190 valence electrons. The Bertz CT molecular complexity index is 1060. The van der Waals surface area contributed by atoms with Crippen LogP contribution < -0.4 is 11.1 Å². The van der Waals surface area contributed by atoms with Gasteiger partial charge in [0.1, 0.15) is 30.2 Å². The number of nitrogen functional groups attached to an aromatic ring is 1. The van der Waals surface area contributed by atoms with E-state index < -0.39 is 63.0 Å². The molecule has 2 aromatic rings. The van der Waals surface area contributed by atoms with Crippen molar-refractivity contribution in [2.24, 2.45) is 0 Å². The van der Waals surface area contributed by atoms with Crippen molar-refractivity contribution >= 4 is 36.7 Å². The average Bonchev–Trinajstić information content (AvgIpc) is 3.27. The summed E-state index contributed by atoms with van der Waals surface area (Å²) in [4.78, 5) is 50.3. The van der Waals surface area contributed by atoms with Crippen molar-refractivity contribution in [3.63, 3.8) is 0 Å². The zero-order valence-electron chi connectivity index (χ0n) is 17.9. The number of hydrogen-bond donors (Lipinski definition) is 8. The summed E-state index contributed by atoms with van der Waals surface area (Å²) in [6, 6.07) is -1.22. The molecule has 0 bridgehead atoms. The second kappa shape index (κ2) is 11.1. The smallest absolute Gasteiger partial charge is 0.470 e. The van der Waals surface area contributed by atoms with E-state index in [0.29, 0.717) is 0 Å². The molecular formula is C16H25N6O11P. The lowest BCUT2D eigenvalue weighted by Gasteiger charge is -2.19. The SMILES string of the molecule is CC(=O)NC(C(=O)O)C(C)O.Nc1ncnc2c1ncn2[C@@H]1O[C@H](CO)[C@@H](OP(=O)(O)O)[C@H]1O. The first-order chi connectivity index (χ1) is 15.8. The van der Waals surface area contributed by atoms with E-state index in [1.807, 2.05) is 0 Å². The summed E-state index contributed by atoms with van der Waals surface area (Å²) >= 11 is 0. The molecule has 2 unspecified atom stereocenters. The van der Waals surface area contributed by atoms with E-state index in [1.54, 1.807) is 0 Å². The predicted octanol–water partition coefficient (Wildman–Crippen LogP) is -2.91. The highest BCUT2D eigenvalue weighted by Gasteiger charge is 2.48. The molecule has 17 nitrogen and oxygen atoms in total. The van der Waals surface area contributed by atoms with Crippen LogP contribution in [0.25, 0.3) is 11.2 Å². The molecule has 3 rings (SSSR count). The van der Waals surface area contributed by atoms with Crippen LogP contribution in [0.5, 0.6) is 0 Å². The number of ether oxygens (including phenoxy) is 1. The predicted molar refractivity (Wildman–Crippen MR) is 111 cm³/mol. The quantitative estimate of drug-likeness (QED) is 0.174. The number of phosphoric acid groups is 1. The Morgan fingerprint density at radius 1 is 1.35 bits per heavy atom. The summed E-state index contributed by atoms with van der Waals surface area (Å²) in [7, 11) is -4.88. The number of aliphatic carboxylic acids is 1. The number of nitrogens with one attached hydrogen (secondary N) is 1. The Morgan fingerprint density at radius 2 is 2.00 bits per heavy atom. The number of hydrogen-bond acceptors (Lipinski definition) is 12. The minimum Gasteiger partial charge on any atom is -0.480 e. The molecule has 9 N–H and O–H groups in total. The summed E-state index contributed by atoms with van der Waals surface area (Å²) in [5, 5.41) is 38.9. The number of anilines is 1. The molecule has 6 atom stereocenters. The minimum absolute atomic E-state index is 0.128. The molecule has 1 amide bonds. The second-order valence-corrected chi connectivity index (χ2v) is 8.33. The Labute approximate surface area is 191 Å². The van der Waals surface area contributed by atoms with Crippen molar-refractivity contribution in [3.8, 4) is 0 Å².